The molecule has 0 amide bonds. The first-order valence-electron chi connectivity index (χ1n) is 9.38. The molecule has 2 aliphatic rings. The lowest BCUT2D eigenvalue weighted by Crippen LogP contribution is -2.49. The summed E-state index contributed by atoms with van der Waals surface area (Å²) in [5.41, 5.74) is 2.53. The lowest BCUT2D eigenvalue weighted by atomic mass is 10.0. The van der Waals surface area contributed by atoms with Crippen molar-refractivity contribution in [3.8, 4) is 11.5 Å². The first-order valence-corrected chi connectivity index (χ1v) is 11.0. The molecule has 152 valence electrons. The Kier molecular flexibility index (Phi) is 5.06. The Morgan fingerprint density at radius 1 is 1.10 bits per heavy atom. The van der Waals surface area contributed by atoms with Crippen LogP contribution in [0.15, 0.2) is 65.8 Å². The van der Waals surface area contributed by atoms with Crippen LogP contribution in [0.25, 0.3) is 0 Å². The number of rotatable bonds is 5. The van der Waals surface area contributed by atoms with Crippen LogP contribution in [0.4, 0.5) is 11.4 Å². The standard InChI is InChI=1S/C21H23N3O4S/c1-15-11-13-23(2)21(22-15)18(12-14-29(25,26)27)24-16-7-3-5-9-19(16)28-20-10-6-4-8-17(20)24/h3-11,13,18,21H,12,14H2,1-2H3,(H,25,26,27). The molecule has 0 aromatic heterocycles. The lowest BCUT2D eigenvalue weighted by Gasteiger charge is -2.43. The molecule has 2 aliphatic heterocycles. The zero-order valence-electron chi connectivity index (χ0n) is 16.3. The molecular weight excluding hydrogens is 390 g/mol. The number of aliphatic imine (C=N–C) groups is 1. The number of likely N-dealkylation sites (N-methyl/N-ethyl adjacent to an activating group) is 1. The van der Waals surface area contributed by atoms with Crippen LogP contribution in [0, 0.1) is 0 Å². The minimum Gasteiger partial charge on any atom is -0.453 e. The average Bonchev–Trinajstić information content (AvgIpc) is 2.69. The van der Waals surface area contributed by atoms with E-state index in [2.05, 4.69) is 4.90 Å². The van der Waals surface area contributed by atoms with Crippen molar-refractivity contribution in [3.63, 3.8) is 0 Å². The summed E-state index contributed by atoms with van der Waals surface area (Å²) in [5.74, 6) is 1.03. The Labute approximate surface area is 170 Å². The Morgan fingerprint density at radius 2 is 1.69 bits per heavy atom. The van der Waals surface area contributed by atoms with Gasteiger partial charge in [-0.3, -0.25) is 9.55 Å². The van der Waals surface area contributed by atoms with Crippen LogP contribution in [0.1, 0.15) is 13.3 Å². The van der Waals surface area contributed by atoms with E-state index < -0.39 is 10.1 Å². The van der Waals surface area contributed by atoms with Crippen molar-refractivity contribution in [2.75, 3.05) is 17.7 Å². The van der Waals surface area contributed by atoms with Crippen LogP contribution in [0.2, 0.25) is 0 Å². The molecule has 0 spiro atoms. The highest BCUT2D eigenvalue weighted by Crippen LogP contribution is 2.48. The van der Waals surface area contributed by atoms with Crippen LogP contribution >= 0.6 is 0 Å². The van der Waals surface area contributed by atoms with Crippen LogP contribution in [-0.4, -0.2) is 48.6 Å². The summed E-state index contributed by atoms with van der Waals surface area (Å²) in [4.78, 5) is 8.82. The largest absolute Gasteiger partial charge is 0.453 e. The molecule has 0 bridgehead atoms. The number of benzene rings is 2. The van der Waals surface area contributed by atoms with E-state index in [1.807, 2.05) is 79.7 Å². The van der Waals surface area contributed by atoms with Crippen molar-refractivity contribution >= 4 is 27.2 Å². The van der Waals surface area contributed by atoms with Crippen LogP contribution in [-0.2, 0) is 10.1 Å². The Hall–Kier alpha value is -2.84. The van der Waals surface area contributed by atoms with Gasteiger partial charge in [-0.05, 0) is 43.7 Å². The summed E-state index contributed by atoms with van der Waals surface area (Å²) in [5, 5.41) is 0. The molecule has 2 aromatic rings. The molecule has 7 nitrogen and oxygen atoms in total. The van der Waals surface area contributed by atoms with Crippen molar-refractivity contribution in [3.05, 3.63) is 60.8 Å². The first kappa shape index (κ1) is 19.5. The van der Waals surface area contributed by atoms with E-state index in [0.717, 1.165) is 17.1 Å². The van der Waals surface area contributed by atoms with Gasteiger partial charge in [0.15, 0.2) is 11.5 Å². The summed E-state index contributed by atoms with van der Waals surface area (Å²) < 4.78 is 38.7. The highest BCUT2D eigenvalue weighted by atomic mass is 32.2. The normalized spacial score (nSPS) is 19.1. The van der Waals surface area contributed by atoms with E-state index in [4.69, 9.17) is 9.73 Å². The maximum atomic E-state index is 11.6. The molecule has 1 N–H and O–H groups in total. The van der Waals surface area contributed by atoms with Gasteiger partial charge in [0.25, 0.3) is 10.1 Å². The van der Waals surface area contributed by atoms with Gasteiger partial charge in [-0.25, -0.2) is 0 Å². The fourth-order valence-electron chi connectivity index (χ4n) is 3.79. The van der Waals surface area contributed by atoms with Crippen molar-refractivity contribution in [2.24, 2.45) is 4.99 Å². The van der Waals surface area contributed by atoms with Crippen molar-refractivity contribution in [1.29, 1.82) is 0 Å². The van der Waals surface area contributed by atoms with Gasteiger partial charge in [0.2, 0.25) is 0 Å². The molecule has 2 aromatic carbocycles. The summed E-state index contributed by atoms with van der Waals surface area (Å²) >= 11 is 0. The number of nitrogens with zero attached hydrogens (tertiary/aromatic N) is 3. The van der Waals surface area contributed by atoms with E-state index in [0.29, 0.717) is 11.5 Å². The van der Waals surface area contributed by atoms with Gasteiger partial charge in [0, 0.05) is 19.0 Å². The van der Waals surface area contributed by atoms with Crippen molar-refractivity contribution in [1.82, 2.24) is 4.90 Å². The molecule has 0 saturated heterocycles. The van der Waals surface area contributed by atoms with Gasteiger partial charge in [0.05, 0.1) is 23.2 Å². The molecule has 4 rings (SSSR count). The molecule has 29 heavy (non-hydrogen) atoms. The molecule has 2 atom stereocenters. The third kappa shape index (κ3) is 3.99. The first-order chi connectivity index (χ1) is 13.8. The third-order valence-corrected chi connectivity index (χ3v) is 5.87. The van der Waals surface area contributed by atoms with Gasteiger partial charge >= 0.3 is 0 Å². The Balaban J connectivity index is 1.85. The summed E-state index contributed by atoms with van der Waals surface area (Å²) in [6, 6.07) is 14.9. The minimum absolute atomic E-state index is 0.196. The molecule has 0 aliphatic carbocycles. The number of allylic oxidation sites excluding steroid dienone is 1. The lowest BCUT2D eigenvalue weighted by molar-refractivity contribution is 0.279. The number of anilines is 2. The zero-order chi connectivity index (χ0) is 20.6. The summed E-state index contributed by atoms with van der Waals surface area (Å²) in [6.45, 7) is 1.91. The SMILES string of the molecule is CC1=NC(C(CCS(=O)(=O)O)N2c3ccccc3Oc3ccccc32)N(C)C=C1. The molecule has 0 saturated carbocycles. The fraction of sp³-hybridized carbons (Fsp3) is 0.286. The summed E-state index contributed by atoms with van der Waals surface area (Å²) in [6.07, 6.45) is 3.71. The molecule has 8 heteroatoms. The van der Waals surface area contributed by atoms with E-state index in [-0.39, 0.29) is 24.4 Å². The predicted octanol–water partition coefficient (Wildman–Crippen LogP) is 3.82. The predicted molar refractivity (Wildman–Crippen MR) is 114 cm³/mol. The third-order valence-electron chi connectivity index (χ3n) is 5.12. The average molecular weight is 413 g/mol. The van der Waals surface area contributed by atoms with Crippen molar-refractivity contribution in [2.45, 2.75) is 25.6 Å². The Bertz CT molecular complexity index is 1040. The van der Waals surface area contributed by atoms with Gasteiger partial charge in [0.1, 0.15) is 6.17 Å². The monoisotopic (exact) mass is 413 g/mol. The topological polar surface area (TPSA) is 82.4 Å². The molecule has 0 radical (unpaired) electrons. The van der Waals surface area contributed by atoms with Gasteiger partial charge in [-0.1, -0.05) is 24.3 Å². The van der Waals surface area contributed by atoms with E-state index in [1.54, 1.807) is 0 Å². The van der Waals surface area contributed by atoms with E-state index >= 15 is 0 Å². The highest BCUT2D eigenvalue weighted by Gasteiger charge is 2.37. The van der Waals surface area contributed by atoms with E-state index in [9.17, 15) is 13.0 Å². The van der Waals surface area contributed by atoms with Crippen LogP contribution in [0.5, 0.6) is 11.5 Å². The molecule has 2 heterocycles. The fourth-order valence-corrected chi connectivity index (χ4v) is 4.32. The zero-order valence-corrected chi connectivity index (χ0v) is 17.1. The Morgan fingerprint density at radius 3 is 2.28 bits per heavy atom. The number of hydrogen-bond donors (Lipinski definition) is 1. The minimum atomic E-state index is -4.13. The number of hydrogen-bond acceptors (Lipinski definition) is 6. The van der Waals surface area contributed by atoms with Crippen LogP contribution in [0.3, 0.4) is 0 Å². The van der Waals surface area contributed by atoms with Crippen molar-refractivity contribution < 1.29 is 17.7 Å². The van der Waals surface area contributed by atoms with Gasteiger partial charge in [-0.2, -0.15) is 8.42 Å². The maximum Gasteiger partial charge on any atom is 0.264 e. The second-order valence-electron chi connectivity index (χ2n) is 7.21. The second-order valence-corrected chi connectivity index (χ2v) is 8.79. The quantitative estimate of drug-likeness (QED) is 0.751. The molecule has 2 unspecified atom stereocenters. The summed E-state index contributed by atoms with van der Waals surface area (Å²) in [7, 11) is -2.21. The number of ether oxygens (including phenoxy) is 1. The molecular formula is C21H23N3O4S. The number of para-hydroxylation sites is 4. The maximum absolute atomic E-state index is 11.6. The number of fused-ring (bicyclic) bond motifs is 2. The van der Waals surface area contributed by atoms with Gasteiger partial charge < -0.3 is 14.5 Å². The smallest absolute Gasteiger partial charge is 0.264 e. The second kappa shape index (κ2) is 7.53. The molecule has 0 fully saturated rings. The van der Waals surface area contributed by atoms with Gasteiger partial charge in [-0.15, -0.1) is 0 Å². The van der Waals surface area contributed by atoms with Crippen LogP contribution < -0.4 is 9.64 Å². The van der Waals surface area contributed by atoms with E-state index in [1.165, 1.54) is 0 Å². The highest BCUT2D eigenvalue weighted by molar-refractivity contribution is 7.85.